The van der Waals surface area contributed by atoms with Gasteiger partial charge >= 0.3 is 0 Å². The maximum absolute atomic E-state index is 11.7. The fourth-order valence-corrected chi connectivity index (χ4v) is 2.32. The van der Waals surface area contributed by atoms with Crippen molar-refractivity contribution in [2.24, 2.45) is 0 Å². The Balaban J connectivity index is 2.36. The first kappa shape index (κ1) is 13.1. The third kappa shape index (κ3) is 3.92. The highest BCUT2D eigenvalue weighted by molar-refractivity contribution is 7.90. The number of rotatable bonds is 7. The molecule has 1 rings (SSSR count). The van der Waals surface area contributed by atoms with Gasteiger partial charge in [-0.25, -0.2) is 18.1 Å². The molecule has 1 aromatic heterocycles. The average molecular weight is 246 g/mol. The summed E-state index contributed by atoms with van der Waals surface area (Å²) in [6, 6.07) is 0. The van der Waals surface area contributed by atoms with Crippen molar-refractivity contribution in [1.29, 1.82) is 0 Å². The summed E-state index contributed by atoms with van der Waals surface area (Å²) in [6.45, 7) is 3.09. The molecule has 1 aromatic rings. The monoisotopic (exact) mass is 246 g/mol. The van der Waals surface area contributed by atoms with E-state index in [1.54, 1.807) is 32.7 Å². The summed E-state index contributed by atoms with van der Waals surface area (Å²) in [6.07, 6.45) is 5.12. The lowest BCUT2D eigenvalue weighted by atomic mass is 10.5. The molecular formula is C9H18N4O2S. The van der Waals surface area contributed by atoms with E-state index >= 15 is 0 Å². The van der Waals surface area contributed by atoms with E-state index in [0.717, 1.165) is 0 Å². The largest absolute Gasteiger partial charge is 0.336 e. The SMILES string of the molecule is CNCC(C)S(=O)(=O)NCCn1ccnc1. The summed E-state index contributed by atoms with van der Waals surface area (Å²) in [7, 11) is -1.49. The molecule has 7 heteroatoms. The normalized spacial score (nSPS) is 13.9. The third-order valence-corrected chi connectivity index (χ3v) is 4.09. The maximum Gasteiger partial charge on any atom is 0.215 e. The average Bonchev–Trinajstić information content (AvgIpc) is 2.70. The lowest BCUT2D eigenvalue weighted by Gasteiger charge is -2.13. The summed E-state index contributed by atoms with van der Waals surface area (Å²) >= 11 is 0. The molecule has 1 heterocycles. The Morgan fingerprint density at radius 2 is 2.25 bits per heavy atom. The van der Waals surface area contributed by atoms with Gasteiger partial charge in [-0.05, 0) is 14.0 Å². The van der Waals surface area contributed by atoms with Crippen molar-refractivity contribution < 1.29 is 8.42 Å². The summed E-state index contributed by atoms with van der Waals surface area (Å²) in [5.74, 6) is 0. The minimum Gasteiger partial charge on any atom is -0.336 e. The Hall–Kier alpha value is -0.920. The standard InChI is InChI=1S/C9H18N4O2S/c1-9(7-10-2)16(14,15)12-4-6-13-5-3-11-8-13/h3,5,8-10,12H,4,6-7H2,1-2H3. The molecule has 0 aromatic carbocycles. The van der Waals surface area contributed by atoms with Crippen LogP contribution in [0.4, 0.5) is 0 Å². The first-order valence-corrected chi connectivity index (χ1v) is 6.69. The van der Waals surface area contributed by atoms with Crippen LogP contribution in [0.5, 0.6) is 0 Å². The van der Waals surface area contributed by atoms with Crippen LogP contribution in [0.15, 0.2) is 18.7 Å². The number of nitrogens with zero attached hydrogens (tertiary/aromatic N) is 2. The van der Waals surface area contributed by atoms with Crippen LogP contribution in [0.3, 0.4) is 0 Å². The number of sulfonamides is 1. The van der Waals surface area contributed by atoms with E-state index in [0.29, 0.717) is 19.6 Å². The molecule has 0 aliphatic rings. The molecule has 0 spiro atoms. The van der Waals surface area contributed by atoms with Crippen LogP contribution in [-0.4, -0.2) is 43.4 Å². The first-order chi connectivity index (χ1) is 7.56. The minimum absolute atomic E-state index is 0.382. The van der Waals surface area contributed by atoms with Crippen molar-refractivity contribution in [3.63, 3.8) is 0 Å². The molecule has 1 atom stereocenters. The van der Waals surface area contributed by atoms with Crippen LogP contribution in [0.1, 0.15) is 6.92 Å². The van der Waals surface area contributed by atoms with Gasteiger partial charge in [0.15, 0.2) is 0 Å². The van der Waals surface area contributed by atoms with Gasteiger partial charge in [-0.1, -0.05) is 0 Å². The molecular weight excluding hydrogens is 228 g/mol. The van der Waals surface area contributed by atoms with Crippen molar-refractivity contribution in [1.82, 2.24) is 19.6 Å². The van der Waals surface area contributed by atoms with E-state index in [-0.39, 0.29) is 0 Å². The number of imidazole rings is 1. The van der Waals surface area contributed by atoms with Gasteiger partial charge in [-0.15, -0.1) is 0 Å². The Morgan fingerprint density at radius 1 is 1.50 bits per heavy atom. The van der Waals surface area contributed by atoms with Gasteiger partial charge in [-0.3, -0.25) is 0 Å². The van der Waals surface area contributed by atoms with Crippen molar-refractivity contribution in [2.45, 2.75) is 18.7 Å². The van der Waals surface area contributed by atoms with E-state index in [2.05, 4.69) is 15.0 Å². The van der Waals surface area contributed by atoms with E-state index in [9.17, 15) is 8.42 Å². The minimum atomic E-state index is -3.22. The maximum atomic E-state index is 11.7. The number of nitrogens with one attached hydrogen (secondary N) is 2. The van der Waals surface area contributed by atoms with Gasteiger partial charge in [0.05, 0.1) is 11.6 Å². The van der Waals surface area contributed by atoms with E-state index in [4.69, 9.17) is 0 Å². The summed E-state index contributed by atoms with van der Waals surface area (Å²) in [5.41, 5.74) is 0. The van der Waals surface area contributed by atoms with Crippen molar-refractivity contribution in [2.75, 3.05) is 20.1 Å². The second-order valence-electron chi connectivity index (χ2n) is 3.61. The van der Waals surface area contributed by atoms with Crippen molar-refractivity contribution in [3.05, 3.63) is 18.7 Å². The Labute approximate surface area is 96.1 Å². The Kier molecular flexibility index (Phi) is 4.91. The summed E-state index contributed by atoms with van der Waals surface area (Å²) < 4.78 is 27.7. The molecule has 92 valence electrons. The van der Waals surface area contributed by atoms with Crippen LogP contribution < -0.4 is 10.0 Å². The van der Waals surface area contributed by atoms with Gasteiger partial charge in [0.2, 0.25) is 10.0 Å². The van der Waals surface area contributed by atoms with E-state index in [1.807, 2.05) is 4.57 Å². The third-order valence-electron chi connectivity index (χ3n) is 2.25. The number of hydrogen-bond acceptors (Lipinski definition) is 4. The Morgan fingerprint density at radius 3 is 2.81 bits per heavy atom. The predicted molar refractivity (Wildman–Crippen MR) is 62.5 cm³/mol. The van der Waals surface area contributed by atoms with Crippen LogP contribution in [0, 0.1) is 0 Å². The van der Waals surface area contributed by atoms with Crippen LogP contribution in [0.2, 0.25) is 0 Å². The molecule has 0 aliphatic carbocycles. The second kappa shape index (κ2) is 5.97. The number of aromatic nitrogens is 2. The molecule has 2 N–H and O–H groups in total. The van der Waals surface area contributed by atoms with Crippen molar-refractivity contribution in [3.8, 4) is 0 Å². The highest BCUT2D eigenvalue weighted by Crippen LogP contribution is 1.96. The quantitative estimate of drug-likeness (QED) is 0.674. The molecule has 0 radical (unpaired) electrons. The van der Waals surface area contributed by atoms with Crippen molar-refractivity contribution >= 4 is 10.0 Å². The molecule has 6 nitrogen and oxygen atoms in total. The van der Waals surface area contributed by atoms with Gasteiger partial charge < -0.3 is 9.88 Å². The number of hydrogen-bond donors (Lipinski definition) is 2. The first-order valence-electron chi connectivity index (χ1n) is 5.15. The van der Waals surface area contributed by atoms with Gasteiger partial charge in [0, 0.05) is 32.0 Å². The predicted octanol–water partition coefficient (Wildman–Crippen LogP) is -0.590. The van der Waals surface area contributed by atoms with Crippen LogP contribution >= 0.6 is 0 Å². The summed E-state index contributed by atoms with van der Waals surface area (Å²) in [5, 5.41) is 2.41. The zero-order valence-corrected chi connectivity index (χ0v) is 10.4. The van der Waals surface area contributed by atoms with Gasteiger partial charge in [0.25, 0.3) is 0 Å². The molecule has 0 amide bonds. The van der Waals surface area contributed by atoms with Crippen LogP contribution in [0.25, 0.3) is 0 Å². The van der Waals surface area contributed by atoms with Gasteiger partial charge in [0.1, 0.15) is 0 Å². The second-order valence-corrected chi connectivity index (χ2v) is 5.79. The lowest BCUT2D eigenvalue weighted by Crippen LogP contribution is -2.39. The Bertz CT molecular complexity index is 388. The summed E-state index contributed by atoms with van der Waals surface area (Å²) in [4.78, 5) is 3.88. The molecule has 0 saturated heterocycles. The van der Waals surface area contributed by atoms with E-state index < -0.39 is 15.3 Å². The lowest BCUT2D eigenvalue weighted by molar-refractivity contribution is 0.556. The molecule has 0 fully saturated rings. The van der Waals surface area contributed by atoms with Gasteiger partial charge in [-0.2, -0.15) is 0 Å². The molecule has 0 bridgehead atoms. The van der Waals surface area contributed by atoms with E-state index in [1.165, 1.54) is 0 Å². The van der Waals surface area contributed by atoms with Crippen LogP contribution in [-0.2, 0) is 16.6 Å². The fraction of sp³-hybridized carbons (Fsp3) is 0.667. The highest BCUT2D eigenvalue weighted by Gasteiger charge is 2.18. The molecule has 0 saturated carbocycles. The molecule has 0 aliphatic heterocycles. The topological polar surface area (TPSA) is 76.0 Å². The molecule has 16 heavy (non-hydrogen) atoms. The fourth-order valence-electron chi connectivity index (χ4n) is 1.28. The molecule has 1 unspecified atom stereocenters. The highest BCUT2D eigenvalue weighted by atomic mass is 32.2. The zero-order chi connectivity index (χ0) is 12.0. The smallest absolute Gasteiger partial charge is 0.215 e. The zero-order valence-electron chi connectivity index (χ0n) is 9.55.